The lowest BCUT2D eigenvalue weighted by molar-refractivity contribution is 0.0734. The molecule has 4 aromatic carbocycles. The lowest BCUT2D eigenvalue weighted by atomic mass is 9.99. The fourth-order valence-electron chi connectivity index (χ4n) is 4.63. The third kappa shape index (κ3) is 5.71. The fraction of sp³-hybridized carbons (Fsp3) is 0.0938. The molecule has 0 saturated carbocycles. The van der Waals surface area contributed by atoms with E-state index in [1.165, 1.54) is 6.21 Å². The summed E-state index contributed by atoms with van der Waals surface area (Å²) in [5, 5.41) is 5.63. The molecular formula is C32H25BrClN3O3. The number of hydrogen-bond donors (Lipinski definition) is 2. The molecule has 1 aromatic heterocycles. The second kappa shape index (κ2) is 11.5. The number of nitrogens with zero attached hydrogens (tertiary/aromatic N) is 1. The van der Waals surface area contributed by atoms with Crippen LogP contribution in [0.2, 0.25) is 5.02 Å². The summed E-state index contributed by atoms with van der Waals surface area (Å²) in [5.41, 5.74) is 9.24. The molecule has 0 aliphatic heterocycles. The Bertz CT molecular complexity index is 1810. The van der Waals surface area contributed by atoms with Crippen molar-refractivity contribution in [1.29, 1.82) is 0 Å². The number of ether oxygens (including phenoxy) is 1. The highest BCUT2D eigenvalue weighted by atomic mass is 79.9. The number of amides is 1. The predicted molar refractivity (Wildman–Crippen MR) is 164 cm³/mol. The van der Waals surface area contributed by atoms with Crippen molar-refractivity contribution in [3.05, 3.63) is 122 Å². The van der Waals surface area contributed by atoms with Crippen LogP contribution in [0.4, 0.5) is 0 Å². The van der Waals surface area contributed by atoms with Gasteiger partial charge in [0.25, 0.3) is 5.91 Å². The van der Waals surface area contributed by atoms with E-state index in [1.54, 1.807) is 42.5 Å². The highest BCUT2D eigenvalue weighted by Crippen LogP contribution is 2.38. The molecule has 0 fully saturated rings. The molecule has 0 aliphatic carbocycles. The summed E-state index contributed by atoms with van der Waals surface area (Å²) in [6.07, 6.45) is 1.44. The summed E-state index contributed by atoms with van der Waals surface area (Å²) in [5.74, 6) is -0.619. The van der Waals surface area contributed by atoms with Gasteiger partial charge in [-0.05, 0) is 68.8 Å². The average molecular weight is 615 g/mol. The van der Waals surface area contributed by atoms with Crippen molar-refractivity contribution in [3.63, 3.8) is 0 Å². The number of aryl methyl sites for hydroxylation is 3. The average Bonchev–Trinajstić information content (AvgIpc) is 3.30. The van der Waals surface area contributed by atoms with Gasteiger partial charge in [0.1, 0.15) is 11.4 Å². The van der Waals surface area contributed by atoms with Crippen molar-refractivity contribution < 1.29 is 14.3 Å². The predicted octanol–water partition coefficient (Wildman–Crippen LogP) is 8.16. The summed E-state index contributed by atoms with van der Waals surface area (Å²) in [4.78, 5) is 29.5. The molecule has 1 heterocycles. The SMILES string of the molecule is Cc1cccc(C(=O)Oc2ccc(Br)cc2C=NNC(=O)c2[nH]c3c(C)cc(C)cc3c2-c2ccccc2Cl)c1. The first-order valence-corrected chi connectivity index (χ1v) is 13.7. The summed E-state index contributed by atoms with van der Waals surface area (Å²) in [6.45, 7) is 5.92. The Labute approximate surface area is 245 Å². The molecule has 5 rings (SSSR count). The first-order valence-electron chi connectivity index (χ1n) is 12.5. The molecule has 0 saturated heterocycles. The number of carbonyl (C=O) groups is 2. The summed E-state index contributed by atoms with van der Waals surface area (Å²) in [6, 6.07) is 23.9. The fourth-order valence-corrected chi connectivity index (χ4v) is 5.24. The molecule has 40 heavy (non-hydrogen) atoms. The second-order valence-corrected chi connectivity index (χ2v) is 10.8. The first kappa shape index (κ1) is 27.4. The third-order valence-corrected chi connectivity index (χ3v) is 7.24. The van der Waals surface area contributed by atoms with Crippen molar-refractivity contribution in [3.8, 4) is 16.9 Å². The van der Waals surface area contributed by atoms with Crippen molar-refractivity contribution >= 4 is 56.5 Å². The zero-order valence-corrected chi connectivity index (χ0v) is 24.4. The largest absolute Gasteiger partial charge is 0.422 e. The van der Waals surface area contributed by atoms with Crippen LogP contribution in [0.15, 0.2) is 88.4 Å². The number of benzene rings is 4. The molecule has 6 nitrogen and oxygen atoms in total. The Morgan fingerprint density at radius 3 is 2.52 bits per heavy atom. The van der Waals surface area contributed by atoms with Crippen LogP contribution in [0.3, 0.4) is 0 Å². The number of aromatic amines is 1. The van der Waals surface area contributed by atoms with Crippen LogP contribution in [0.5, 0.6) is 5.75 Å². The van der Waals surface area contributed by atoms with Crippen molar-refractivity contribution in [2.24, 2.45) is 5.10 Å². The number of esters is 1. The van der Waals surface area contributed by atoms with Crippen LogP contribution >= 0.6 is 27.5 Å². The molecule has 1 amide bonds. The Morgan fingerprint density at radius 1 is 0.950 bits per heavy atom. The van der Waals surface area contributed by atoms with Gasteiger partial charge in [0.05, 0.1) is 11.8 Å². The van der Waals surface area contributed by atoms with Gasteiger partial charge in [-0.1, -0.05) is 75.1 Å². The van der Waals surface area contributed by atoms with Crippen LogP contribution in [0.1, 0.15) is 43.1 Å². The minimum Gasteiger partial charge on any atom is -0.422 e. The molecule has 0 spiro atoms. The molecule has 8 heteroatoms. The summed E-state index contributed by atoms with van der Waals surface area (Å²) < 4.78 is 6.42. The Hall–Kier alpha value is -4.20. The zero-order chi connectivity index (χ0) is 28.4. The maximum atomic E-state index is 13.5. The molecular weight excluding hydrogens is 590 g/mol. The van der Waals surface area contributed by atoms with Crippen molar-refractivity contribution in [2.75, 3.05) is 0 Å². The second-order valence-electron chi connectivity index (χ2n) is 9.50. The number of hydrazone groups is 1. The number of H-pyrrole nitrogens is 1. The van der Waals surface area contributed by atoms with E-state index in [4.69, 9.17) is 16.3 Å². The monoisotopic (exact) mass is 613 g/mol. The molecule has 0 unspecified atom stereocenters. The number of carbonyl (C=O) groups excluding carboxylic acids is 2. The van der Waals surface area contributed by atoms with Crippen molar-refractivity contribution in [2.45, 2.75) is 20.8 Å². The van der Waals surface area contributed by atoms with Gasteiger partial charge in [-0.25, -0.2) is 10.2 Å². The Balaban J connectivity index is 1.45. The first-order chi connectivity index (χ1) is 19.2. The van der Waals surface area contributed by atoms with Gasteiger partial charge in [-0.2, -0.15) is 5.10 Å². The summed E-state index contributed by atoms with van der Waals surface area (Å²) in [7, 11) is 0. The number of hydrogen-bond acceptors (Lipinski definition) is 4. The van der Waals surface area contributed by atoms with Crippen LogP contribution < -0.4 is 10.2 Å². The van der Waals surface area contributed by atoms with Crippen molar-refractivity contribution in [1.82, 2.24) is 10.4 Å². The Kier molecular flexibility index (Phi) is 7.87. The maximum Gasteiger partial charge on any atom is 0.343 e. The maximum absolute atomic E-state index is 13.5. The molecule has 0 atom stereocenters. The van der Waals surface area contributed by atoms with Gasteiger partial charge in [0, 0.05) is 37.1 Å². The smallest absolute Gasteiger partial charge is 0.343 e. The van der Waals surface area contributed by atoms with E-state index in [-0.39, 0.29) is 0 Å². The van der Waals surface area contributed by atoms with E-state index in [1.807, 2.05) is 51.1 Å². The highest BCUT2D eigenvalue weighted by Gasteiger charge is 2.22. The minimum absolute atomic E-state index is 0.307. The molecule has 0 radical (unpaired) electrons. The number of rotatable bonds is 6. The molecule has 0 bridgehead atoms. The third-order valence-electron chi connectivity index (χ3n) is 6.42. The number of nitrogens with one attached hydrogen (secondary N) is 2. The zero-order valence-electron chi connectivity index (χ0n) is 22.0. The van der Waals surface area contributed by atoms with E-state index in [9.17, 15) is 9.59 Å². The van der Waals surface area contributed by atoms with E-state index in [0.29, 0.717) is 33.2 Å². The van der Waals surface area contributed by atoms with Gasteiger partial charge in [0.15, 0.2) is 0 Å². The number of halogens is 2. The van der Waals surface area contributed by atoms with Crippen LogP contribution in [0, 0.1) is 20.8 Å². The summed E-state index contributed by atoms with van der Waals surface area (Å²) >= 11 is 10.0. The lowest BCUT2D eigenvalue weighted by Crippen LogP contribution is -2.19. The Morgan fingerprint density at radius 2 is 1.75 bits per heavy atom. The van der Waals surface area contributed by atoms with Gasteiger partial charge in [-0.15, -0.1) is 0 Å². The van der Waals surface area contributed by atoms with E-state index < -0.39 is 11.9 Å². The standard InChI is InChI=1S/C32H25BrClN3O3/c1-18-7-6-8-21(14-18)32(39)40-27-12-11-23(33)16-22(27)17-35-37-31(38)30-28(24-9-4-5-10-26(24)34)25-15-19(2)13-20(3)29(25)36-30/h4-17,36H,1-3H3,(H,37,38). The number of fused-ring (bicyclic) bond motifs is 1. The van der Waals surface area contributed by atoms with E-state index in [0.717, 1.165) is 37.6 Å². The van der Waals surface area contributed by atoms with E-state index in [2.05, 4.69) is 37.5 Å². The quantitative estimate of drug-likeness (QED) is 0.0876. The molecule has 5 aromatic rings. The lowest BCUT2D eigenvalue weighted by Gasteiger charge is -2.09. The molecule has 200 valence electrons. The van der Waals surface area contributed by atoms with Crippen LogP contribution in [-0.2, 0) is 0 Å². The topological polar surface area (TPSA) is 83.5 Å². The highest BCUT2D eigenvalue weighted by molar-refractivity contribution is 9.10. The van der Waals surface area contributed by atoms with Gasteiger partial charge in [-0.3, -0.25) is 4.79 Å². The molecule has 0 aliphatic rings. The minimum atomic E-state index is -0.488. The van der Waals surface area contributed by atoms with Gasteiger partial charge >= 0.3 is 5.97 Å². The number of aromatic nitrogens is 1. The van der Waals surface area contributed by atoms with Crippen LogP contribution in [-0.4, -0.2) is 23.1 Å². The molecule has 2 N–H and O–H groups in total. The van der Waals surface area contributed by atoms with Gasteiger partial charge < -0.3 is 9.72 Å². The normalized spacial score (nSPS) is 11.2. The van der Waals surface area contributed by atoms with E-state index >= 15 is 0 Å². The van der Waals surface area contributed by atoms with Gasteiger partial charge in [0.2, 0.25) is 0 Å². The van der Waals surface area contributed by atoms with Crippen LogP contribution in [0.25, 0.3) is 22.0 Å².